The van der Waals surface area contributed by atoms with Gasteiger partial charge in [-0.2, -0.15) is 0 Å². The molecule has 5 heteroatoms. The number of ether oxygens (including phenoxy) is 2. The molecule has 3 heterocycles. The number of β-amino-alcohol motifs (C(OH)–C–C–N with tert-alkyl or cyclic N) is 1. The lowest BCUT2D eigenvalue weighted by molar-refractivity contribution is -0.0839. The number of aliphatic hydroxyl groups excluding tert-OH is 1. The van der Waals surface area contributed by atoms with Crippen LogP contribution < -0.4 is 0 Å². The summed E-state index contributed by atoms with van der Waals surface area (Å²) in [6, 6.07) is 8.62. The molecule has 3 aliphatic heterocycles. The molecule has 3 aliphatic rings. The molecule has 1 unspecified atom stereocenters. The normalized spacial score (nSPS) is 25.7. The van der Waals surface area contributed by atoms with Crippen molar-refractivity contribution in [1.82, 2.24) is 9.80 Å². The van der Waals surface area contributed by atoms with E-state index in [4.69, 9.17) is 9.47 Å². The Hall–Kier alpha value is -0.980. The topological polar surface area (TPSA) is 45.2 Å². The number of morpholine rings is 1. The lowest BCUT2D eigenvalue weighted by atomic mass is 9.84. The van der Waals surface area contributed by atoms with E-state index in [0.29, 0.717) is 0 Å². The van der Waals surface area contributed by atoms with Crippen molar-refractivity contribution in [2.24, 2.45) is 0 Å². The molecule has 0 bridgehead atoms. The van der Waals surface area contributed by atoms with Crippen molar-refractivity contribution in [3.05, 3.63) is 35.4 Å². The van der Waals surface area contributed by atoms with Crippen LogP contribution in [-0.4, -0.2) is 73.5 Å². The van der Waals surface area contributed by atoms with Crippen LogP contribution in [0.5, 0.6) is 0 Å². The van der Waals surface area contributed by atoms with Gasteiger partial charge in [0.1, 0.15) is 0 Å². The minimum atomic E-state index is -0.283. The smallest absolute Gasteiger partial charge is 0.0963 e. The monoisotopic (exact) mass is 332 g/mol. The van der Waals surface area contributed by atoms with Gasteiger partial charge >= 0.3 is 0 Å². The molecule has 132 valence electrons. The van der Waals surface area contributed by atoms with Gasteiger partial charge in [-0.3, -0.25) is 4.90 Å². The van der Waals surface area contributed by atoms with Gasteiger partial charge in [-0.1, -0.05) is 24.3 Å². The first-order valence-electron chi connectivity index (χ1n) is 9.18. The van der Waals surface area contributed by atoms with E-state index in [1.54, 1.807) is 0 Å². The molecular formula is C19H28N2O3. The first kappa shape index (κ1) is 16.5. The summed E-state index contributed by atoms with van der Waals surface area (Å²) in [6.07, 6.45) is 1.76. The van der Waals surface area contributed by atoms with Gasteiger partial charge in [-0.15, -0.1) is 0 Å². The third-order valence-electron chi connectivity index (χ3n) is 5.72. The number of benzene rings is 1. The second-order valence-electron chi connectivity index (χ2n) is 7.31. The Morgan fingerprint density at radius 2 is 1.67 bits per heavy atom. The molecule has 5 nitrogen and oxygen atoms in total. The number of nitrogens with zero attached hydrogens (tertiary/aromatic N) is 2. The predicted molar refractivity (Wildman–Crippen MR) is 91.8 cm³/mol. The summed E-state index contributed by atoms with van der Waals surface area (Å²) in [6.45, 7) is 7.69. The van der Waals surface area contributed by atoms with E-state index in [1.165, 1.54) is 11.1 Å². The summed E-state index contributed by atoms with van der Waals surface area (Å²) >= 11 is 0. The lowest BCUT2D eigenvalue weighted by Crippen LogP contribution is -2.48. The van der Waals surface area contributed by atoms with E-state index in [9.17, 15) is 5.11 Å². The zero-order valence-electron chi connectivity index (χ0n) is 14.3. The van der Waals surface area contributed by atoms with E-state index in [1.807, 2.05) is 0 Å². The molecule has 0 aromatic heterocycles. The Kier molecular flexibility index (Phi) is 4.88. The van der Waals surface area contributed by atoms with Gasteiger partial charge in [-0.05, 0) is 24.0 Å². The fourth-order valence-electron chi connectivity index (χ4n) is 4.33. The lowest BCUT2D eigenvalue weighted by Gasteiger charge is -2.40. The summed E-state index contributed by atoms with van der Waals surface area (Å²) in [5, 5.41) is 10.4. The highest BCUT2D eigenvalue weighted by atomic mass is 16.5. The molecular weight excluding hydrogens is 304 g/mol. The first-order valence-corrected chi connectivity index (χ1v) is 9.18. The fraction of sp³-hybridized carbons (Fsp3) is 0.684. The number of likely N-dealkylation sites (tertiary alicyclic amines) is 1. The number of aliphatic hydroxyl groups is 1. The van der Waals surface area contributed by atoms with E-state index in [-0.39, 0.29) is 11.7 Å². The Morgan fingerprint density at radius 1 is 1.00 bits per heavy atom. The van der Waals surface area contributed by atoms with E-state index in [2.05, 4.69) is 34.1 Å². The second-order valence-corrected chi connectivity index (χ2v) is 7.31. The van der Waals surface area contributed by atoms with E-state index < -0.39 is 0 Å². The van der Waals surface area contributed by atoms with Crippen LogP contribution in [0.3, 0.4) is 0 Å². The molecule has 1 spiro atoms. The molecule has 1 atom stereocenters. The average molecular weight is 332 g/mol. The molecule has 1 aromatic carbocycles. The van der Waals surface area contributed by atoms with Crippen LogP contribution in [0.25, 0.3) is 0 Å². The summed E-state index contributed by atoms with van der Waals surface area (Å²) in [7, 11) is 0. The van der Waals surface area contributed by atoms with Crippen LogP contribution in [-0.2, 0) is 21.7 Å². The molecule has 2 fully saturated rings. The van der Waals surface area contributed by atoms with Crippen LogP contribution in [0.4, 0.5) is 0 Å². The third-order valence-corrected chi connectivity index (χ3v) is 5.72. The van der Waals surface area contributed by atoms with Gasteiger partial charge < -0.3 is 19.5 Å². The number of rotatable bonds is 4. The standard InChI is InChI=1S/C19H28N2O3/c22-17(14-21-9-11-23-12-10-21)13-20-7-5-19(6-8-20)18-4-2-1-3-16(18)15-24-19/h1-4,17,22H,5-15H2. The quantitative estimate of drug-likeness (QED) is 0.898. The fourth-order valence-corrected chi connectivity index (χ4v) is 4.33. The van der Waals surface area contributed by atoms with Crippen LogP contribution in [0, 0.1) is 0 Å². The summed E-state index contributed by atoms with van der Waals surface area (Å²) in [4.78, 5) is 4.69. The van der Waals surface area contributed by atoms with Crippen molar-refractivity contribution < 1.29 is 14.6 Å². The number of hydrogen-bond donors (Lipinski definition) is 1. The Morgan fingerprint density at radius 3 is 2.42 bits per heavy atom. The van der Waals surface area contributed by atoms with Crippen LogP contribution in [0.1, 0.15) is 24.0 Å². The molecule has 0 aliphatic carbocycles. The maximum Gasteiger partial charge on any atom is 0.0963 e. The molecule has 1 aromatic rings. The van der Waals surface area contributed by atoms with Crippen molar-refractivity contribution in [3.8, 4) is 0 Å². The van der Waals surface area contributed by atoms with Gasteiger partial charge in [0.15, 0.2) is 0 Å². The summed E-state index contributed by atoms with van der Waals surface area (Å²) in [5.74, 6) is 0. The van der Waals surface area contributed by atoms with Gasteiger partial charge in [0, 0.05) is 39.3 Å². The molecule has 0 amide bonds. The Bertz CT molecular complexity index is 551. The van der Waals surface area contributed by atoms with Crippen molar-refractivity contribution in [1.29, 1.82) is 0 Å². The SMILES string of the molecule is OC(CN1CCOCC1)CN1CCC2(CC1)OCc1ccccc12. The van der Waals surface area contributed by atoms with Gasteiger partial charge in [0.25, 0.3) is 0 Å². The first-order chi connectivity index (χ1) is 11.8. The highest BCUT2D eigenvalue weighted by Gasteiger charge is 2.42. The molecule has 0 radical (unpaired) electrons. The maximum atomic E-state index is 10.4. The Balaban J connectivity index is 1.29. The zero-order chi connectivity index (χ0) is 16.4. The highest BCUT2D eigenvalue weighted by Crippen LogP contribution is 2.43. The largest absolute Gasteiger partial charge is 0.390 e. The summed E-state index contributed by atoms with van der Waals surface area (Å²) < 4.78 is 11.6. The molecule has 24 heavy (non-hydrogen) atoms. The molecule has 0 saturated carbocycles. The van der Waals surface area contributed by atoms with Crippen molar-refractivity contribution in [3.63, 3.8) is 0 Å². The van der Waals surface area contributed by atoms with Gasteiger partial charge in [-0.25, -0.2) is 0 Å². The van der Waals surface area contributed by atoms with Crippen molar-refractivity contribution in [2.45, 2.75) is 31.2 Å². The third kappa shape index (κ3) is 3.37. The van der Waals surface area contributed by atoms with Crippen molar-refractivity contribution in [2.75, 3.05) is 52.5 Å². The zero-order valence-corrected chi connectivity index (χ0v) is 14.3. The number of hydrogen-bond acceptors (Lipinski definition) is 5. The summed E-state index contributed by atoms with van der Waals surface area (Å²) in [5.41, 5.74) is 2.65. The predicted octanol–water partition coefficient (Wildman–Crippen LogP) is 1.20. The Labute approximate surface area is 144 Å². The average Bonchev–Trinajstić information content (AvgIpc) is 2.97. The van der Waals surface area contributed by atoms with E-state index >= 15 is 0 Å². The number of piperidine rings is 1. The molecule has 2 saturated heterocycles. The van der Waals surface area contributed by atoms with Crippen LogP contribution in [0.15, 0.2) is 24.3 Å². The minimum Gasteiger partial charge on any atom is -0.390 e. The van der Waals surface area contributed by atoms with Crippen LogP contribution >= 0.6 is 0 Å². The second kappa shape index (κ2) is 7.10. The molecule has 4 rings (SSSR count). The minimum absolute atomic E-state index is 0.0811. The maximum absolute atomic E-state index is 10.4. The van der Waals surface area contributed by atoms with Gasteiger partial charge in [0.05, 0.1) is 31.5 Å². The van der Waals surface area contributed by atoms with Crippen molar-refractivity contribution >= 4 is 0 Å². The van der Waals surface area contributed by atoms with Crippen LogP contribution in [0.2, 0.25) is 0 Å². The molecule has 1 N–H and O–H groups in total. The van der Waals surface area contributed by atoms with Gasteiger partial charge in [0.2, 0.25) is 0 Å². The highest BCUT2D eigenvalue weighted by molar-refractivity contribution is 5.35. The van der Waals surface area contributed by atoms with E-state index in [0.717, 1.165) is 71.9 Å². The number of fused-ring (bicyclic) bond motifs is 2.